The number of hydrogen-bond acceptors (Lipinski definition) is 4. The van der Waals surface area contributed by atoms with Crippen molar-refractivity contribution in [3.8, 4) is 0 Å². The van der Waals surface area contributed by atoms with Crippen LogP contribution in [0.5, 0.6) is 0 Å². The molecule has 4 aromatic carbocycles. The Morgan fingerprint density at radius 1 is 0.520 bits per heavy atom. The highest BCUT2D eigenvalue weighted by atomic mass is 17.2. The second kappa shape index (κ2) is 15.5. The molecule has 0 aliphatic heterocycles. The highest BCUT2D eigenvalue weighted by Crippen LogP contribution is 2.41. The minimum Gasteiger partial charge on any atom is -0.398 e. The first-order valence-corrected chi connectivity index (χ1v) is 18.2. The van der Waals surface area contributed by atoms with Gasteiger partial charge in [0.1, 0.15) is 0 Å². The van der Waals surface area contributed by atoms with Crippen molar-refractivity contribution in [3.63, 3.8) is 0 Å². The lowest BCUT2D eigenvalue weighted by molar-refractivity contribution is -0.157. The van der Waals surface area contributed by atoms with E-state index >= 15 is 0 Å². The SMILES string of the molecule is CC(C)(C)c1ccccc1.CC(C)c1cccc(C(C)C)c1N.Cc1cc(C(C)(C)C)c2oooc3c(C(C)(C)C)cc(C)c(C)c3c2c1C. The van der Waals surface area contributed by atoms with Gasteiger partial charge in [-0.3, -0.25) is 9.15 Å². The Balaban J connectivity index is 0.000000242. The lowest BCUT2D eigenvalue weighted by atomic mass is 9.81. The molecule has 0 spiro atoms. The Hall–Kier alpha value is -3.92. The van der Waals surface area contributed by atoms with Gasteiger partial charge in [-0.2, -0.15) is 0 Å². The minimum absolute atomic E-state index is 0.0823. The van der Waals surface area contributed by atoms with Crippen LogP contribution in [0.25, 0.3) is 21.9 Å². The van der Waals surface area contributed by atoms with Crippen LogP contribution in [0.1, 0.15) is 152 Å². The van der Waals surface area contributed by atoms with Gasteiger partial charge in [0.15, 0.2) is 11.2 Å². The van der Waals surface area contributed by atoms with E-state index in [-0.39, 0.29) is 10.8 Å². The van der Waals surface area contributed by atoms with Crippen molar-refractivity contribution < 1.29 is 13.9 Å². The van der Waals surface area contributed by atoms with Crippen LogP contribution in [-0.4, -0.2) is 0 Å². The smallest absolute Gasteiger partial charge is 0.194 e. The molecule has 2 N–H and O–H groups in total. The highest BCUT2D eigenvalue weighted by molar-refractivity contribution is 6.08. The maximum atomic E-state index is 6.09. The maximum Gasteiger partial charge on any atom is 0.194 e. The van der Waals surface area contributed by atoms with Crippen LogP contribution < -0.4 is 5.73 Å². The second-order valence-corrected chi connectivity index (χ2v) is 17.7. The standard InChI is InChI=1S/C24H32O3.C12H19N.C10H14/c1-13-11-17(23(5,6)7)21-19(15(13)3)20-16(4)14(2)12-18(24(8,9)10)22(20)26-27-25-21;1-8(2)10-6-5-7-11(9(3)4)12(10)13;1-10(2,3)9-7-5-4-6-8-9/h11-12H,1-10H3;5-9H,13H2,1-4H3;4-8H,1-3H3. The van der Waals surface area contributed by atoms with Crippen molar-refractivity contribution in [2.75, 3.05) is 5.73 Å². The summed E-state index contributed by atoms with van der Waals surface area (Å²) in [6, 6.07) is 21.3. The molecule has 1 aromatic heterocycles. The number of nitrogen functional groups attached to an aromatic ring is 1. The zero-order valence-corrected chi connectivity index (χ0v) is 34.2. The molecular weight excluding hydrogens is 615 g/mol. The van der Waals surface area contributed by atoms with E-state index < -0.39 is 0 Å². The Morgan fingerprint density at radius 2 is 0.900 bits per heavy atom. The number of rotatable bonds is 2. The van der Waals surface area contributed by atoms with E-state index in [4.69, 9.17) is 19.6 Å². The summed E-state index contributed by atoms with van der Waals surface area (Å²) >= 11 is 0. The van der Waals surface area contributed by atoms with Gasteiger partial charge < -0.3 is 5.73 Å². The molecule has 0 amide bonds. The maximum absolute atomic E-state index is 6.09. The molecule has 0 unspecified atom stereocenters. The van der Waals surface area contributed by atoms with Crippen LogP contribution in [0, 0.1) is 27.7 Å². The molecule has 5 rings (SSSR count). The largest absolute Gasteiger partial charge is 0.398 e. The van der Waals surface area contributed by atoms with Gasteiger partial charge in [-0.15, -0.1) is 0 Å². The van der Waals surface area contributed by atoms with Gasteiger partial charge in [0.05, 0.1) is 0 Å². The van der Waals surface area contributed by atoms with Crippen molar-refractivity contribution in [1.82, 2.24) is 0 Å². The normalized spacial score (nSPS) is 12.1. The zero-order chi connectivity index (χ0) is 37.9. The number of hydrogen-bond donors (Lipinski definition) is 1. The van der Waals surface area contributed by atoms with Crippen LogP contribution in [0.3, 0.4) is 0 Å². The molecule has 0 aliphatic rings. The van der Waals surface area contributed by atoms with Crippen molar-refractivity contribution in [1.29, 1.82) is 0 Å². The lowest BCUT2D eigenvalue weighted by Crippen LogP contribution is -2.13. The van der Waals surface area contributed by atoms with Crippen LogP contribution in [0.15, 0.2) is 74.6 Å². The van der Waals surface area contributed by atoms with E-state index in [1.165, 1.54) is 38.9 Å². The molecule has 0 fully saturated rings. The topological polar surface area (TPSA) is 65.4 Å². The third-order valence-electron chi connectivity index (χ3n) is 9.76. The third kappa shape index (κ3) is 9.24. The Morgan fingerprint density at radius 3 is 1.20 bits per heavy atom. The molecule has 4 heteroatoms. The van der Waals surface area contributed by atoms with E-state index in [0.717, 1.165) is 38.8 Å². The van der Waals surface area contributed by atoms with E-state index in [1.54, 1.807) is 0 Å². The number of benzene rings is 4. The summed E-state index contributed by atoms with van der Waals surface area (Å²) in [7, 11) is 0. The molecule has 50 heavy (non-hydrogen) atoms. The minimum atomic E-state index is -0.0823. The average Bonchev–Trinajstić information content (AvgIpc) is 3.20. The van der Waals surface area contributed by atoms with Gasteiger partial charge in [-0.05, 0) is 94.7 Å². The average molecular weight is 680 g/mol. The Labute approximate surface area is 303 Å². The zero-order valence-electron chi connectivity index (χ0n) is 34.2. The van der Waals surface area contributed by atoms with Gasteiger partial charge in [-0.1, -0.05) is 155 Å². The molecule has 0 saturated heterocycles. The molecule has 4 nitrogen and oxygen atoms in total. The van der Waals surface area contributed by atoms with Gasteiger partial charge in [0.25, 0.3) is 0 Å². The fourth-order valence-electron chi connectivity index (χ4n) is 6.31. The van der Waals surface area contributed by atoms with Gasteiger partial charge in [0.2, 0.25) is 0 Å². The molecule has 272 valence electrons. The van der Waals surface area contributed by atoms with Crippen molar-refractivity contribution >= 4 is 27.6 Å². The lowest BCUT2D eigenvalue weighted by Gasteiger charge is -2.22. The third-order valence-corrected chi connectivity index (χ3v) is 9.76. The summed E-state index contributed by atoms with van der Waals surface area (Å²) in [4.78, 5) is 0. The van der Waals surface area contributed by atoms with E-state index in [9.17, 15) is 0 Å². The molecule has 0 atom stereocenters. The second-order valence-electron chi connectivity index (χ2n) is 17.7. The molecule has 0 bridgehead atoms. The molecule has 1 heterocycles. The van der Waals surface area contributed by atoms with Gasteiger partial charge in [-0.25, -0.2) is 0 Å². The summed E-state index contributed by atoms with van der Waals surface area (Å²) < 4.78 is 16.8. The predicted octanol–water partition coefficient (Wildman–Crippen LogP) is 14.2. The van der Waals surface area contributed by atoms with Crippen molar-refractivity contribution in [2.45, 2.75) is 146 Å². The highest BCUT2D eigenvalue weighted by Gasteiger charge is 2.27. The van der Waals surface area contributed by atoms with Crippen LogP contribution in [0.2, 0.25) is 0 Å². The van der Waals surface area contributed by atoms with Crippen molar-refractivity contribution in [2.24, 2.45) is 0 Å². The molecule has 0 saturated carbocycles. The number of para-hydroxylation sites is 1. The van der Waals surface area contributed by atoms with E-state index in [2.05, 4.69) is 178 Å². The van der Waals surface area contributed by atoms with Crippen LogP contribution in [-0.2, 0) is 16.2 Å². The van der Waals surface area contributed by atoms with Crippen LogP contribution in [0.4, 0.5) is 5.69 Å². The van der Waals surface area contributed by atoms with Crippen molar-refractivity contribution in [3.05, 3.63) is 111 Å². The summed E-state index contributed by atoms with van der Waals surface area (Å²) in [6.45, 7) is 37.1. The number of nitrogens with two attached hydrogens (primary N) is 1. The monoisotopic (exact) mass is 679 g/mol. The molecular formula is C46H65NO3. The first kappa shape index (κ1) is 40.5. The summed E-state index contributed by atoms with van der Waals surface area (Å²) in [5, 5.41) is 2.17. The summed E-state index contributed by atoms with van der Waals surface area (Å²) in [6.07, 6.45) is 0. The Kier molecular flexibility index (Phi) is 12.6. The fourth-order valence-corrected chi connectivity index (χ4v) is 6.31. The van der Waals surface area contributed by atoms with Crippen LogP contribution >= 0.6 is 0 Å². The Bertz CT molecular complexity index is 1830. The number of anilines is 1. The predicted molar refractivity (Wildman–Crippen MR) is 216 cm³/mol. The molecule has 5 aromatic rings. The van der Waals surface area contributed by atoms with Gasteiger partial charge in [0, 0.05) is 27.6 Å². The first-order valence-electron chi connectivity index (χ1n) is 18.2. The number of aryl methyl sites for hydroxylation is 4. The van der Waals surface area contributed by atoms with E-state index in [1.807, 2.05) is 0 Å². The quantitative estimate of drug-likeness (QED) is 0.149. The first-order chi connectivity index (χ1) is 23.0. The molecule has 0 radical (unpaired) electrons. The summed E-state index contributed by atoms with van der Waals surface area (Å²) in [5.41, 5.74) is 19.8. The number of fused-ring (bicyclic) bond motifs is 3. The molecule has 0 aliphatic carbocycles. The summed E-state index contributed by atoms with van der Waals surface area (Å²) in [5.74, 6) is 1.03. The fraction of sp³-hybridized carbons (Fsp3) is 0.478. The van der Waals surface area contributed by atoms with E-state index in [0.29, 0.717) is 17.3 Å². The van der Waals surface area contributed by atoms with Gasteiger partial charge >= 0.3 is 0 Å².